The Labute approximate surface area is 203 Å². The van der Waals surface area contributed by atoms with Gasteiger partial charge in [0.2, 0.25) is 5.82 Å². The summed E-state index contributed by atoms with van der Waals surface area (Å²) in [6.45, 7) is 3.26. The second-order valence-electron chi connectivity index (χ2n) is 8.41. The van der Waals surface area contributed by atoms with E-state index in [1.807, 2.05) is 49.4 Å². The topological polar surface area (TPSA) is 72.0 Å². The van der Waals surface area contributed by atoms with Crippen molar-refractivity contribution in [1.29, 1.82) is 0 Å². The molecule has 2 aromatic heterocycles. The number of terminal acetylenes is 1. The lowest BCUT2D eigenvalue weighted by Gasteiger charge is -2.47. The minimum absolute atomic E-state index is 0.318. The van der Waals surface area contributed by atoms with Crippen LogP contribution < -0.4 is 15.4 Å². The summed E-state index contributed by atoms with van der Waals surface area (Å²) in [4.78, 5) is 12.8. The van der Waals surface area contributed by atoms with E-state index in [1.54, 1.807) is 18.3 Å². The maximum atomic E-state index is 6.07. The first-order chi connectivity index (χ1) is 16.6. The molecule has 2 unspecified atom stereocenters. The van der Waals surface area contributed by atoms with Crippen LogP contribution in [0.2, 0.25) is 5.15 Å². The zero-order valence-corrected chi connectivity index (χ0v) is 19.5. The van der Waals surface area contributed by atoms with Crippen LogP contribution in [0.25, 0.3) is 10.9 Å². The Morgan fingerprint density at radius 1 is 1.09 bits per heavy atom. The van der Waals surface area contributed by atoms with Crippen molar-refractivity contribution in [1.82, 2.24) is 20.3 Å². The number of fused-ring (bicyclic) bond motifs is 2. The number of nitrogens with zero attached hydrogens (tertiary/aromatic N) is 3. The fourth-order valence-corrected chi connectivity index (χ4v) is 4.16. The standard InChI is InChI=1S/C22H15ClN4O.C5H9N/c1-3-20-26-17-8-5-4-7-16(17)22(27-20)25-15-10-11-18(14(2)13-15)28-19-9-6-12-24-21(19)23;1-2-5-4(1)3-6-5/h1,4-13H,2H3,(H,25,26,27);4-6H,1-3H2. The van der Waals surface area contributed by atoms with E-state index < -0.39 is 0 Å². The number of anilines is 2. The van der Waals surface area contributed by atoms with E-state index in [-0.39, 0.29) is 0 Å². The Hall–Kier alpha value is -3.66. The summed E-state index contributed by atoms with van der Waals surface area (Å²) in [5, 5.41) is 7.88. The summed E-state index contributed by atoms with van der Waals surface area (Å²) in [6.07, 6.45) is 10.1. The summed E-state index contributed by atoms with van der Waals surface area (Å²) < 4.78 is 5.88. The van der Waals surface area contributed by atoms with Crippen LogP contribution in [-0.4, -0.2) is 27.5 Å². The number of hydrogen-bond donors (Lipinski definition) is 2. The van der Waals surface area contributed by atoms with Crippen molar-refractivity contribution in [3.63, 3.8) is 0 Å². The molecule has 2 fully saturated rings. The van der Waals surface area contributed by atoms with Crippen molar-refractivity contribution in [2.75, 3.05) is 11.9 Å². The molecule has 34 heavy (non-hydrogen) atoms. The van der Waals surface area contributed by atoms with E-state index in [9.17, 15) is 0 Å². The van der Waals surface area contributed by atoms with Crippen LogP contribution in [0.3, 0.4) is 0 Å². The van der Waals surface area contributed by atoms with Gasteiger partial charge in [0.25, 0.3) is 0 Å². The molecule has 1 saturated heterocycles. The number of para-hydroxylation sites is 1. The van der Waals surface area contributed by atoms with E-state index >= 15 is 0 Å². The summed E-state index contributed by atoms with van der Waals surface area (Å²) in [7, 11) is 0. The number of halogens is 1. The Balaban J connectivity index is 0.000000343. The third kappa shape index (κ3) is 4.67. The number of hydrogen-bond acceptors (Lipinski definition) is 6. The van der Waals surface area contributed by atoms with Crippen molar-refractivity contribution in [2.45, 2.75) is 25.8 Å². The number of ether oxygens (including phenoxy) is 1. The molecule has 6 rings (SSSR count). The normalized spacial score (nSPS) is 17.8. The Morgan fingerprint density at radius 3 is 2.59 bits per heavy atom. The summed E-state index contributed by atoms with van der Waals surface area (Å²) >= 11 is 6.07. The first kappa shape index (κ1) is 22.1. The van der Waals surface area contributed by atoms with Gasteiger partial charge in [-0.3, -0.25) is 0 Å². The minimum Gasteiger partial charge on any atom is -0.454 e. The molecule has 7 heteroatoms. The molecule has 2 atom stereocenters. The number of pyridine rings is 1. The zero-order chi connectivity index (χ0) is 23.5. The highest BCUT2D eigenvalue weighted by Crippen LogP contribution is 2.33. The lowest BCUT2D eigenvalue weighted by molar-refractivity contribution is 0.111. The van der Waals surface area contributed by atoms with Crippen LogP contribution in [0.5, 0.6) is 11.5 Å². The van der Waals surface area contributed by atoms with Crippen LogP contribution in [0.4, 0.5) is 11.5 Å². The van der Waals surface area contributed by atoms with E-state index in [4.69, 9.17) is 22.8 Å². The van der Waals surface area contributed by atoms with Crippen molar-refractivity contribution in [2.24, 2.45) is 5.92 Å². The Morgan fingerprint density at radius 2 is 1.94 bits per heavy atom. The van der Waals surface area contributed by atoms with E-state index in [0.717, 1.165) is 34.1 Å². The molecule has 0 spiro atoms. The van der Waals surface area contributed by atoms with Gasteiger partial charge in [-0.05, 0) is 86.2 Å². The fraction of sp³-hybridized carbons (Fsp3) is 0.222. The number of nitrogens with one attached hydrogen (secondary N) is 2. The SMILES string of the molecule is C#Cc1nc(Nc2ccc(Oc3cccnc3Cl)c(C)c2)c2ccccc2n1.C1CC2NCC12. The number of piperidine rings is 1. The van der Waals surface area contributed by atoms with Gasteiger partial charge in [-0.25, -0.2) is 15.0 Å². The molecule has 170 valence electrons. The quantitative estimate of drug-likeness (QED) is 0.287. The van der Waals surface area contributed by atoms with Gasteiger partial charge < -0.3 is 15.4 Å². The summed E-state index contributed by atoms with van der Waals surface area (Å²) in [5.74, 6) is 5.79. The number of rotatable bonds is 4. The number of aryl methyl sites for hydroxylation is 1. The van der Waals surface area contributed by atoms with Gasteiger partial charge in [-0.1, -0.05) is 23.7 Å². The van der Waals surface area contributed by atoms with Crippen molar-refractivity contribution >= 4 is 34.0 Å². The van der Waals surface area contributed by atoms with Gasteiger partial charge >= 0.3 is 0 Å². The van der Waals surface area contributed by atoms with Gasteiger partial charge in [0.1, 0.15) is 11.6 Å². The molecule has 4 aromatic rings. The molecular weight excluding hydrogens is 446 g/mol. The maximum absolute atomic E-state index is 6.07. The number of aromatic nitrogens is 3. The molecule has 0 bridgehead atoms. The van der Waals surface area contributed by atoms with Crippen LogP contribution in [0.15, 0.2) is 60.8 Å². The monoisotopic (exact) mass is 469 g/mol. The Kier molecular flexibility index (Phi) is 6.31. The van der Waals surface area contributed by atoms with Gasteiger partial charge in [-0.2, -0.15) is 0 Å². The van der Waals surface area contributed by atoms with Gasteiger partial charge in [-0.15, -0.1) is 6.42 Å². The van der Waals surface area contributed by atoms with Gasteiger partial charge in [0.15, 0.2) is 10.9 Å². The Bertz CT molecular complexity index is 1370. The smallest absolute Gasteiger partial charge is 0.207 e. The summed E-state index contributed by atoms with van der Waals surface area (Å²) in [5.41, 5.74) is 2.57. The van der Waals surface area contributed by atoms with E-state index in [0.29, 0.717) is 28.3 Å². The average Bonchev–Trinajstić information content (AvgIpc) is 2.84. The third-order valence-corrected chi connectivity index (χ3v) is 6.46. The van der Waals surface area contributed by atoms with E-state index in [1.165, 1.54) is 19.4 Å². The van der Waals surface area contributed by atoms with Crippen LogP contribution in [-0.2, 0) is 0 Å². The molecule has 2 N–H and O–H groups in total. The van der Waals surface area contributed by atoms with Gasteiger partial charge in [0, 0.05) is 23.3 Å². The number of benzene rings is 2. The van der Waals surface area contributed by atoms with Crippen LogP contribution in [0, 0.1) is 25.2 Å². The molecule has 2 aromatic carbocycles. The molecule has 0 amide bonds. The third-order valence-electron chi connectivity index (χ3n) is 6.17. The average molecular weight is 470 g/mol. The first-order valence-electron chi connectivity index (χ1n) is 11.2. The highest BCUT2D eigenvalue weighted by Gasteiger charge is 2.37. The molecule has 6 nitrogen and oxygen atoms in total. The second kappa shape index (κ2) is 9.68. The lowest BCUT2D eigenvalue weighted by Crippen LogP contribution is -2.59. The molecule has 1 aliphatic carbocycles. The molecule has 3 heterocycles. The van der Waals surface area contributed by atoms with E-state index in [2.05, 4.69) is 31.5 Å². The first-order valence-corrected chi connectivity index (χ1v) is 11.6. The predicted octanol–water partition coefficient (Wildman–Crippen LogP) is 5.87. The highest BCUT2D eigenvalue weighted by atomic mass is 35.5. The van der Waals surface area contributed by atoms with Crippen molar-refractivity contribution in [3.8, 4) is 23.8 Å². The fourth-order valence-electron chi connectivity index (χ4n) is 4.01. The predicted molar refractivity (Wildman–Crippen MR) is 136 cm³/mol. The highest BCUT2D eigenvalue weighted by molar-refractivity contribution is 6.30. The van der Waals surface area contributed by atoms with Crippen molar-refractivity contribution in [3.05, 3.63) is 77.3 Å². The molecular formula is C27H24ClN5O. The van der Waals surface area contributed by atoms with Crippen molar-refractivity contribution < 1.29 is 4.74 Å². The van der Waals surface area contributed by atoms with Crippen LogP contribution in [0.1, 0.15) is 24.2 Å². The molecule has 0 radical (unpaired) electrons. The van der Waals surface area contributed by atoms with Gasteiger partial charge in [0.05, 0.1) is 5.52 Å². The largest absolute Gasteiger partial charge is 0.454 e. The lowest BCUT2D eigenvalue weighted by atomic mass is 9.74. The molecule has 1 aliphatic heterocycles. The molecule has 1 saturated carbocycles. The second-order valence-corrected chi connectivity index (χ2v) is 8.77. The minimum atomic E-state index is 0.318. The molecule has 2 aliphatic rings. The zero-order valence-electron chi connectivity index (χ0n) is 18.8. The van der Waals surface area contributed by atoms with Crippen LogP contribution >= 0.6 is 11.6 Å². The summed E-state index contributed by atoms with van der Waals surface area (Å²) in [6, 6.07) is 18.0. The maximum Gasteiger partial charge on any atom is 0.207 e.